The molecule has 0 unspecified atom stereocenters. The number of furan rings is 1. The van der Waals surface area contributed by atoms with Crippen LogP contribution in [0.25, 0.3) is 11.3 Å². The topological polar surface area (TPSA) is 63.4 Å². The molecular formula is C20H18N2O3S. The fraction of sp³-hybridized carbons (Fsp3) is 0.250. The average Bonchev–Trinajstić information content (AvgIpc) is 3.35. The lowest BCUT2D eigenvalue weighted by Crippen LogP contribution is -2.25. The highest BCUT2D eigenvalue weighted by molar-refractivity contribution is 7.92. The van der Waals surface area contributed by atoms with Crippen LogP contribution in [-0.2, 0) is 16.4 Å². The lowest BCUT2D eigenvalue weighted by atomic mass is 9.96. The number of benzene rings is 1. The minimum Gasteiger partial charge on any atom is -0.464 e. The van der Waals surface area contributed by atoms with E-state index in [1.165, 1.54) is 0 Å². The smallest absolute Gasteiger partial charge is 0.183 e. The van der Waals surface area contributed by atoms with Crippen molar-refractivity contribution in [3.63, 3.8) is 0 Å². The fourth-order valence-corrected chi connectivity index (χ4v) is 6.40. The maximum absolute atomic E-state index is 13.0. The van der Waals surface area contributed by atoms with E-state index in [0.29, 0.717) is 11.4 Å². The van der Waals surface area contributed by atoms with Gasteiger partial charge < -0.3 is 4.42 Å². The SMILES string of the molecule is O=S1(=O)c2ccc(-c3ccco3)cc2[C@@H]2CN(Cc3cccnc3)C[C@@H]21. The number of hydrogen-bond donors (Lipinski definition) is 0. The summed E-state index contributed by atoms with van der Waals surface area (Å²) >= 11 is 0. The van der Waals surface area contributed by atoms with Crippen molar-refractivity contribution < 1.29 is 12.8 Å². The first-order valence-electron chi connectivity index (χ1n) is 8.66. The minimum atomic E-state index is -3.28. The van der Waals surface area contributed by atoms with Crippen LogP contribution >= 0.6 is 0 Å². The van der Waals surface area contributed by atoms with Crippen molar-refractivity contribution in [3.05, 3.63) is 72.2 Å². The molecule has 2 aliphatic rings. The largest absolute Gasteiger partial charge is 0.464 e. The van der Waals surface area contributed by atoms with Crippen LogP contribution < -0.4 is 0 Å². The van der Waals surface area contributed by atoms with Crippen LogP contribution in [0.5, 0.6) is 0 Å². The maximum atomic E-state index is 13.0. The number of fused-ring (bicyclic) bond motifs is 3. The third-order valence-electron chi connectivity index (χ3n) is 5.39. The van der Waals surface area contributed by atoms with E-state index in [9.17, 15) is 8.42 Å². The van der Waals surface area contributed by atoms with Gasteiger partial charge in [-0.3, -0.25) is 9.88 Å². The Labute approximate surface area is 152 Å². The molecule has 2 aliphatic heterocycles. The second kappa shape index (κ2) is 5.79. The highest BCUT2D eigenvalue weighted by Gasteiger charge is 2.50. The molecule has 3 aromatic rings. The molecule has 26 heavy (non-hydrogen) atoms. The molecule has 1 fully saturated rings. The highest BCUT2D eigenvalue weighted by Crippen LogP contribution is 2.46. The van der Waals surface area contributed by atoms with Gasteiger partial charge in [0.1, 0.15) is 5.76 Å². The summed E-state index contributed by atoms with van der Waals surface area (Å²) in [5, 5.41) is -0.360. The Hall–Kier alpha value is -2.44. The molecule has 0 radical (unpaired) electrons. The second-order valence-electron chi connectivity index (χ2n) is 6.98. The Morgan fingerprint density at radius 3 is 2.85 bits per heavy atom. The van der Waals surface area contributed by atoms with Crippen molar-refractivity contribution in [2.24, 2.45) is 0 Å². The molecule has 6 heteroatoms. The summed E-state index contributed by atoms with van der Waals surface area (Å²) in [5.41, 5.74) is 2.96. The fourth-order valence-electron chi connectivity index (χ4n) is 4.20. The Kier molecular flexibility index (Phi) is 3.52. The van der Waals surface area contributed by atoms with Crippen LogP contribution in [0.2, 0.25) is 0 Å². The normalized spacial score (nSPS) is 23.7. The third-order valence-corrected chi connectivity index (χ3v) is 7.65. The van der Waals surface area contributed by atoms with Gasteiger partial charge in [-0.05, 0) is 47.5 Å². The molecule has 0 spiro atoms. The van der Waals surface area contributed by atoms with E-state index >= 15 is 0 Å². The summed E-state index contributed by atoms with van der Waals surface area (Å²) in [7, 11) is -3.28. The zero-order valence-electron chi connectivity index (χ0n) is 14.1. The molecule has 1 saturated heterocycles. The summed E-state index contributed by atoms with van der Waals surface area (Å²) in [5.74, 6) is 0.778. The van der Waals surface area contributed by atoms with E-state index in [-0.39, 0.29) is 11.2 Å². The van der Waals surface area contributed by atoms with Crippen molar-refractivity contribution >= 4 is 9.84 Å². The second-order valence-corrected chi connectivity index (χ2v) is 9.11. The van der Waals surface area contributed by atoms with Crippen LogP contribution in [0.4, 0.5) is 0 Å². The zero-order chi connectivity index (χ0) is 17.7. The Morgan fingerprint density at radius 2 is 2.08 bits per heavy atom. The number of aromatic nitrogens is 1. The quantitative estimate of drug-likeness (QED) is 0.713. The molecule has 0 saturated carbocycles. The predicted octanol–water partition coefficient (Wildman–Crippen LogP) is 3.10. The summed E-state index contributed by atoms with van der Waals surface area (Å²) in [6.07, 6.45) is 5.22. The molecule has 2 atom stereocenters. The monoisotopic (exact) mass is 366 g/mol. The minimum absolute atomic E-state index is 0.0154. The molecule has 0 aliphatic carbocycles. The van der Waals surface area contributed by atoms with Gasteiger partial charge in [0.15, 0.2) is 9.84 Å². The predicted molar refractivity (Wildman–Crippen MR) is 97.4 cm³/mol. The van der Waals surface area contributed by atoms with Crippen LogP contribution in [0.3, 0.4) is 0 Å². The average molecular weight is 366 g/mol. The van der Waals surface area contributed by atoms with E-state index in [1.807, 2.05) is 42.6 Å². The molecule has 5 rings (SSSR count). The summed E-state index contributed by atoms with van der Waals surface area (Å²) in [6, 6.07) is 13.2. The number of hydrogen-bond acceptors (Lipinski definition) is 5. The molecule has 0 N–H and O–H groups in total. The standard InChI is InChI=1S/C20H18N2O3S/c23-26(24)19-6-5-15(18-4-2-8-25-18)9-16(19)17-12-22(13-20(17)26)11-14-3-1-7-21-10-14/h1-10,17,20H,11-13H2/t17-,20-/m0/s1. The number of nitrogens with zero attached hydrogens (tertiary/aromatic N) is 2. The Bertz CT molecular complexity index is 1050. The van der Waals surface area contributed by atoms with Gasteiger partial charge in [0.2, 0.25) is 0 Å². The van der Waals surface area contributed by atoms with Crippen LogP contribution in [0, 0.1) is 0 Å². The highest BCUT2D eigenvalue weighted by atomic mass is 32.2. The molecule has 1 aromatic carbocycles. The van der Waals surface area contributed by atoms with E-state index in [0.717, 1.165) is 35.5 Å². The van der Waals surface area contributed by atoms with Crippen LogP contribution in [0.1, 0.15) is 17.0 Å². The first kappa shape index (κ1) is 15.8. The van der Waals surface area contributed by atoms with E-state index in [4.69, 9.17) is 4.42 Å². The first-order chi connectivity index (χ1) is 12.6. The van der Waals surface area contributed by atoms with Crippen molar-refractivity contribution in [3.8, 4) is 11.3 Å². The van der Waals surface area contributed by atoms with Gasteiger partial charge in [0, 0.05) is 43.5 Å². The molecule has 132 valence electrons. The van der Waals surface area contributed by atoms with E-state index < -0.39 is 9.84 Å². The summed E-state index contributed by atoms with van der Waals surface area (Å²) < 4.78 is 31.5. The molecular weight excluding hydrogens is 348 g/mol. The van der Waals surface area contributed by atoms with Gasteiger partial charge in [-0.1, -0.05) is 6.07 Å². The Morgan fingerprint density at radius 1 is 1.15 bits per heavy atom. The Balaban J connectivity index is 1.49. The molecule has 4 heterocycles. The van der Waals surface area contributed by atoms with E-state index in [1.54, 1.807) is 18.5 Å². The van der Waals surface area contributed by atoms with Gasteiger partial charge in [-0.25, -0.2) is 8.42 Å². The van der Waals surface area contributed by atoms with E-state index in [2.05, 4.69) is 9.88 Å². The van der Waals surface area contributed by atoms with Gasteiger partial charge >= 0.3 is 0 Å². The van der Waals surface area contributed by atoms with Crippen molar-refractivity contribution in [1.29, 1.82) is 0 Å². The molecule has 2 aromatic heterocycles. The van der Waals surface area contributed by atoms with Gasteiger partial charge in [-0.15, -0.1) is 0 Å². The van der Waals surface area contributed by atoms with Crippen molar-refractivity contribution in [1.82, 2.24) is 9.88 Å². The first-order valence-corrected chi connectivity index (χ1v) is 10.2. The van der Waals surface area contributed by atoms with Crippen LogP contribution in [0.15, 0.2) is 70.4 Å². The van der Waals surface area contributed by atoms with Crippen LogP contribution in [-0.4, -0.2) is 36.6 Å². The zero-order valence-corrected chi connectivity index (χ0v) is 14.9. The number of sulfone groups is 1. The van der Waals surface area contributed by atoms with Gasteiger partial charge in [-0.2, -0.15) is 0 Å². The lowest BCUT2D eigenvalue weighted by Gasteiger charge is -2.17. The van der Waals surface area contributed by atoms with Crippen molar-refractivity contribution in [2.75, 3.05) is 13.1 Å². The molecule has 0 amide bonds. The summed E-state index contributed by atoms with van der Waals surface area (Å²) in [6.45, 7) is 2.03. The maximum Gasteiger partial charge on any atom is 0.183 e. The van der Waals surface area contributed by atoms with Gasteiger partial charge in [0.05, 0.1) is 16.4 Å². The molecule has 5 nitrogen and oxygen atoms in total. The number of rotatable bonds is 3. The summed E-state index contributed by atoms with van der Waals surface area (Å²) in [4.78, 5) is 6.85. The van der Waals surface area contributed by atoms with Crippen molar-refractivity contribution in [2.45, 2.75) is 22.6 Å². The molecule has 0 bridgehead atoms. The number of pyridine rings is 1. The third kappa shape index (κ3) is 2.40. The van der Waals surface area contributed by atoms with Gasteiger partial charge in [0.25, 0.3) is 0 Å². The lowest BCUT2D eigenvalue weighted by molar-refractivity contribution is 0.325. The number of likely N-dealkylation sites (tertiary alicyclic amines) is 1.